The highest BCUT2D eigenvalue weighted by molar-refractivity contribution is 5.99. The smallest absolute Gasteiger partial charge is 0.326 e. The van der Waals surface area contributed by atoms with Crippen LogP contribution in [0.4, 0.5) is 0 Å². The largest absolute Gasteiger partial charge is 0.480 e. The van der Waals surface area contributed by atoms with E-state index < -0.39 is 12.0 Å². The number of nitrogens with one attached hydrogen (secondary N) is 1. The van der Waals surface area contributed by atoms with Crippen molar-refractivity contribution in [1.29, 1.82) is 0 Å². The minimum absolute atomic E-state index is 0.255. The van der Waals surface area contributed by atoms with Crippen molar-refractivity contribution in [3.63, 3.8) is 0 Å². The molecule has 1 atom stereocenters. The number of benzene rings is 1. The quantitative estimate of drug-likeness (QED) is 0.870. The lowest BCUT2D eigenvalue weighted by Crippen LogP contribution is -2.44. The van der Waals surface area contributed by atoms with Crippen molar-refractivity contribution in [2.24, 2.45) is 0 Å². The third-order valence-corrected chi connectivity index (χ3v) is 3.86. The summed E-state index contributed by atoms with van der Waals surface area (Å²) in [5, 5.41) is 19.7. The molecule has 1 saturated heterocycles. The van der Waals surface area contributed by atoms with Crippen LogP contribution in [0.5, 0.6) is 0 Å². The fourth-order valence-corrected chi connectivity index (χ4v) is 2.75. The Balaban J connectivity index is 1.92. The molecular formula is C14H16N4O3. The number of amides is 1. The number of aromatic amines is 1. The van der Waals surface area contributed by atoms with Crippen molar-refractivity contribution in [1.82, 2.24) is 20.3 Å². The van der Waals surface area contributed by atoms with Gasteiger partial charge in [0.05, 0.1) is 0 Å². The summed E-state index contributed by atoms with van der Waals surface area (Å²) in [7, 11) is 0. The van der Waals surface area contributed by atoms with Crippen molar-refractivity contribution in [3.05, 3.63) is 23.8 Å². The average molecular weight is 288 g/mol. The Morgan fingerprint density at radius 1 is 1.19 bits per heavy atom. The van der Waals surface area contributed by atoms with Crippen LogP contribution in [0, 0.1) is 0 Å². The van der Waals surface area contributed by atoms with E-state index in [-0.39, 0.29) is 5.91 Å². The van der Waals surface area contributed by atoms with Gasteiger partial charge in [-0.1, -0.05) is 12.8 Å². The van der Waals surface area contributed by atoms with Gasteiger partial charge in [0, 0.05) is 12.1 Å². The van der Waals surface area contributed by atoms with Gasteiger partial charge in [0.25, 0.3) is 5.91 Å². The van der Waals surface area contributed by atoms with E-state index in [0.717, 1.165) is 19.3 Å². The monoisotopic (exact) mass is 288 g/mol. The van der Waals surface area contributed by atoms with E-state index in [9.17, 15) is 14.7 Å². The van der Waals surface area contributed by atoms with Gasteiger partial charge in [0.2, 0.25) is 0 Å². The lowest BCUT2D eigenvalue weighted by atomic mass is 10.1. The van der Waals surface area contributed by atoms with Gasteiger partial charge in [-0.2, -0.15) is 15.4 Å². The van der Waals surface area contributed by atoms with Crippen molar-refractivity contribution >= 4 is 22.9 Å². The van der Waals surface area contributed by atoms with Gasteiger partial charge in [-0.3, -0.25) is 4.79 Å². The molecule has 2 heterocycles. The molecular weight excluding hydrogens is 272 g/mol. The number of carboxylic acid groups (broad SMARTS) is 1. The van der Waals surface area contributed by atoms with E-state index in [1.807, 2.05) is 0 Å². The van der Waals surface area contributed by atoms with E-state index in [1.165, 1.54) is 4.90 Å². The Morgan fingerprint density at radius 3 is 2.81 bits per heavy atom. The molecule has 1 amide bonds. The topological polar surface area (TPSA) is 99.2 Å². The van der Waals surface area contributed by atoms with Gasteiger partial charge in [0.15, 0.2) is 0 Å². The standard InChI is InChI=1S/C14H16N4O3/c19-13(9-5-6-10-11(8-9)16-17-15-10)18-7-3-1-2-4-12(18)14(20)21/h5-6,8,12H,1-4,7H2,(H,20,21)(H,15,16,17). The molecule has 1 fully saturated rings. The number of likely N-dealkylation sites (tertiary alicyclic amines) is 1. The average Bonchev–Trinajstić information content (AvgIpc) is 2.80. The van der Waals surface area contributed by atoms with Crippen LogP contribution in [0.3, 0.4) is 0 Å². The molecule has 1 aromatic heterocycles. The summed E-state index contributed by atoms with van der Waals surface area (Å²) in [6, 6.07) is 4.27. The van der Waals surface area contributed by atoms with Crippen LogP contribution in [0.25, 0.3) is 11.0 Å². The molecule has 1 aliphatic rings. The van der Waals surface area contributed by atoms with Gasteiger partial charge >= 0.3 is 5.97 Å². The zero-order valence-corrected chi connectivity index (χ0v) is 11.5. The first-order chi connectivity index (χ1) is 10.2. The fourth-order valence-electron chi connectivity index (χ4n) is 2.75. The number of fused-ring (bicyclic) bond motifs is 1. The Labute approximate surface area is 120 Å². The van der Waals surface area contributed by atoms with Gasteiger partial charge in [-0.25, -0.2) is 4.79 Å². The highest BCUT2D eigenvalue weighted by Crippen LogP contribution is 2.21. The van der Waals surface area contributed by atoms with Gasteiger partial charge in [-0.05, 0) is 31.0 Å². The fraction of sp³-hybridized carbons (Fsp3) is 0.429. The Morgan fingerprint density at radius 2 is 2.00 bits per heavy atom. The maximum atomic E-state index is 12.6. The lowest BCUT2D eigenvalue weighted by molar-refractivity contribution is -0.142. The molecule has 1 unspecified atom stereocenters. The van der Waals surface area contributed by atoms with E-state index in [4.69, 9.17) is 0 Å². The van der Waals surface area contributed by atoms with E-state index >= 15 is 0 Å². The Kier molecular flexibility index (Phi) is 3.55. The second kappa shape index (κ2) is 5.51. The van der Waals surface area contributed by atoms with Gasteiger partial charge in [0.1, 0.15) is 17.1 Å². The van der Waals surface area contributed by atoms with Crippen LogP contribution >= 0.6 is 0 Å². The van der Waals surface area contributed by atoms with Crippen LogP contribution in [0.1, 0.15) is 36.0 Å². The summed E-state index contributed by atoms with van der Waals surface area (Å²) in [5.74, 6) is -1.19. The molecule has 110 valence electrons. The normalized spacial score (nSPS) is 19.4. The van der Waals surface area contributed by atoms with Gasteiger partial charge in [-0.15, -0.1) is 0 Å². The SMILES string of the molecule is O=C(O)C1CCCCCN1C(=O)c1ccc2n[nH]nc2c1. The number of carbonyl (C=O) groups excluding carboxylic acids is 1. The first-order valence-electron chi connectivity index (χ1n) is 7.01. The minimum atomic E-state index is -0.937. The summed E-state index contributed by atoms with van der Waals surface area (Å²) in [4.78, 5) is 25.5. The number of hydrogen-bond acceptors (Lipinski definition) is 4. The predicted molar refractivity (Wildman–Crippen MR) is 74.8 cm³/mol. The van der Waals surface area contributed by atoms with E-state index in [2.05, 4.69) is 15.4 Å². The molecule has 7 nitrogen and oxygen atoms in total. The molecule has 3 rings (SSSR count). The van der Waals surface area contributed by atoms with E-state index in [1.54, 1.807) is 18.2 Å². The molecule has 21 heavy (non-hydrogen) atoms. The number of carbonyl (C=O) groups is 2. The molecule has 0 aliphatic carbocycles. The van der Waals surface area contributed by atoms with Crippen molar-refractivity contribution in [3.8, 4) is 0 Å². The molecule has 7 heteroatoms. The number of aromatic nitrogens is 3. The third-order valence-electron chi connectivity index (χ3n) is 3.86. The maximum absolute atomic E-state index is 12.6. The van der Waals surface area contributed by atoms with Crippen LogP contribution in [0.2, 0.25) is 0 Å². The second-order valence-electron chi connectivity index (χ2n) is 5.23. The maximum Gasteiger partial charge on any atom is 0.326 e. The highest BCUT2D eigenvalue weighted by Gasteiger charge is 2.31. The molecule has 0 spiro atoms. The number of aliphatic carboxylic acids is 1. The number of carboxylic acids is 1. The Bertz CT molecular complexity index is 682. The summed E-state index contributed by atoms with van der Waals surface area (Å²) in [6.45, 7) is 0.479. The summed E-state index contributed by atoms with van der Waals surface area (Å²) >= 11 is 0. The number of nitrogens with zero attached hydrogens (tertiary/aromatic N) is 3. The van der Waals surface area contributed by atoms with Crippen molar-refractivity contribution in [2.75, 3.05) is 6.54 Å². The third kappa shape index (κ3) is 2.58. The predicted octanol–water partition coefficient (Wildman–Crippen LogP) is 1.43. The lowest BCUT2D eigenvalue weighted by Gasteiger charge is -2.27. The number of H-pyrrole nitrogens is 1. The van der Waals surface area contributed by atoms with Crippen LogP contribution in [-0.2, 0) is 4.79 Å². The summed E-state index contributed by atoms with van der Waals surface area (Å²) < 4.78 is 0. The Hall–Kier alpha value is -2.44. The van der Waals surface area contributed by atoms with Crippen LogP contribution in [0.15, 0.2) is 18.2 Å². The molecule has 1 aromatic carbocycles. The molecule has 0 bridgehead atoms. The zero-order valence-electron chi connectivity index (χ0n) is 11.5. The first-order valence-corrected chi connectivity index (χ1v) is 7.01. The van der Waals surface area contributed by atoms with E-state index in [0.29, 0.717) is 29.6 Å². The summed E-state index contributed by atoms with van der Waals surface area (Å²) in [5.41, 5.74) is 1.73. The van der Waals surface area contributed by atoms with Crippen LogP contribution in [-0.4, -0.2) is 49.9 Å². The molecule has 2 N–H and O–H groups in total. The summed E-state index contributed by atoms with van der Waals surface area (Å²) in [6.07, 6.45) is 3.13. The van der Waals surface area contributed by atoms with Crippen LogP contribution < -0.4 is 0 Å². The molecule has 1 aliphatic heterocycles. The molecule has 0 radical (unpaired) electrons. The number of hydrogen-bond donors (Lipinski definition) is 2. The number of rotatable bonds is 2. The highest BCUT2D eigenvalue weighted by atomic mass is 16.4. The zero-order chi connectivity index (χ0) is 14.8. The van der Waals surface area contributed by atoms with Crippen molar-refractivity contribution in [2.45, 2.75) is 31.7 Å². The molecule has 2 aromatic rings. The van der Waals surface area contributed by atoms with Gasteiger partial charge < -0.3 is 10.0 Å². The van der Waals surface area contributed by atoms with Crippen molar-refractivity contribution < 1.29 is 14.7 Å². The minimum Gasteiger partial charge on any atom is -0.480 e. The molecule has 0 saturated carbocycles. The first kappa shape index (κ1) is 13.5. The second-order valence-corrected chi connectivity index (χ2v) is 5.23.